The van der Waals surface area contributed by atoms with E-state index < -0.39 is 5.97 Å². The van der Waals surface area contributed by atoms with Crippen molar-refractivity contribution in [2.24, 2.45) is 0 Å². The minimum atomic E-state index is -0.916. The lowest BCUT2D eigenvalue weighted by atomic mass is 10.0. The van der Waals surface area contributed by atoms with Gasteiger partial charge in [-0.2, -0.15) is 0 Å². The van der Waals surface area contributed by atoms with Crippen molar-refractivity contribution >= 4 is 23.3 Å². The summed E-state index contributed by atoms with van der Waals surface area (Å²) in [6.07, 6.45) is 3.45. The summed E-state index contributed by atoms with van der Waals surface area (Å²) in [6.45, 7) is 3.06. The molecule has 0 aromatic heterocycles. The van der Waals surface area contributed by atoms with Crippen LogP contribution in [0.3, 0.4) is 0 Å². The Hall–Kier alpha value is -1.22. The largest absolute Gasteiger partial charge is 0.478 e. The number of benzene rings is 1. The van der Waals surface area contributed by atoms with E-state index in [0.717, 1.165) is 25.1 Å². The van der Waals surface area contributed by atoms with Gasteiger partial charge < -0.3 is 10.0 Å². The van der Waals surface area contributed by atoms with Crippen LogP contribution in [0, 0.1) is 0 Å². The summed E-state index contributed by atoms with van der Waals surface area (Å²) in [6, 6.07) is 5.49. The fourth-order valence-corrected chi connectivity index (χ4v) is 2.56. The summed E-state index contributed by atoms with van der Waals surface area (Å²) in [4.78, 5) is 13.4. The summed E-state index contributed by atoms with van der Waals surface area (Å²) in [5.41, 5.74) is 1.08. The number of anilines is 1. The zero-order chi connectivity index (χ0) is 12.4. The van der Waals surface area contributed by atoms with E-state index in [1.54, 1.807) is 6.07 Å². The highest BCUT2D eigenvalue weighted by Gasteiger charge is 2.23. The molecule has 0 radical (unpaired) electrons. The number of aromatic carboxylic acids is 1. The molecule has 92 valence electrons. The van der Waals surface area contributed by atoms with E-state index in [-0.39, 0.29) is 0 Å². The van der Waals surface area contributed by atoms with Gasteiger partial charge >= 0.3 is 5.97 Å². The third-order valence-corrected chi connectivity index (χ3v) is 3.54. The van der Waals surface area contributed by atoms with E-state index in [0.29, 0.717) is 16.6 Å². The average molecular weight is 254 g/mol. The second-order valence-electron chi connectivity index (χ2n) is 4.50. The smallest absolute Gasteiger partial charge is 0.337 e. The van der Waals surface area contributed by atoms with Crippen LogP contribution in [0.2, 0.25) is 5.02 Å². The monoisotopic (exact) mass is 253 g/mol. The first-order chi connectivity index (χ1) is 8.09. The standard InChI is InChI=1S/C13H16ClNO2/c1-9-4-2-3-7-15(9)12-6-5-10(14)8-11(12)13(16)17/h5-6,8-9H,2-4,7H2,1H3,(H,16,17)/t9-/m0/s1. The van der Waals surface area contributed by atoms with Gasteiger partial charge in [0.1, 0.15) is 0 Å². The normalized spacial score (nSPS) is 20.4. The van der Waals surface area contributed by atoms with Gasteiger partial charge in [-0.1, -0.05) is 11.6 Å². The average Bonchev–Trinajstić information content (AvgIpc) is 2.30. The van der Waals surface area contributed by atoms with Crippen LogP contribution in [0.1, 0.15) is 36.5 Å². The van der Waals surface area contributed by atoms with Gasteiger partial charge in [0.2, 0.25) is 0 Å². The van der Waals surface area contributed by atoms with Crippen molar-refractivity contribution in [3.05, 3.63) is 28.8 Å². The Kier molecular flexibility index (Phi) is 3.57. The summed E-state index contributed by atoms with van der Waals surface area (Å²) < 4.78 is 0. The molecule has 2 rings (SSSR count). The van der Waals surface area contributed by atoms with Crippen molar-refractivity contribution in [1.82, 2.24) is 0 Å². The molecule has 0 saturated carbocycles. The van der Waals surface area contributed by atoms with Gasteiger partial charge in [-0.25, -0.2) is 4.79 Å². The van der Waals surface area contributed by atoms with Gasteiger partial charge in [-0.3, -0.25) is 0 Å². The highest BCUT2D eigenvalue weighted by molar-refractivity contribution is 6.31. The predicted octanol–water partition coefficient (Wildman–Crippen LogP) is 3.42. The van der Waals surface area contributed by atoms with Crippen molar-refractivity contribution in [2.45, 2.75) is 32.2 Å². The second-order valence-corrected chi connectivity index (χ2v) is 4.94. The van der Waals surface area contributed by atoms with Crippen LogP contribution in [-0.4, -0.2) is 23.7 Å². The number of hydrogen-bond donors (Lipinski definition) is 1. The Labute approximate surface area is 106 Å². The van der Waals surface area contributed by atoms with Gasteiger partial charge in [0, 0.05) is 17.6 Å². The highest BCUT2D eigenvalue weighted by atomic mass is 35.5. The first-order valence-electron chi connectivity index (χ1n) is 5.89. The van der Waals surface area contributed by atoms with E-state index in [4.69, 9.17) is 11.6 Å². The molecule has 1 saturated heterocycles. The summed E-state index contributed by atoms with van der Waals surface area (Å²) in [5, 5.41) is 9.69. The number of rotatable bonds is 2. The lowest BCUT2D eigenvalue weighted by Gasteiger charge is -2.36. The molecular weight excluding hydrogens is 238 g/mol. The maximum atomic E-state index is 11.2. The van der Waals surface area contributed by atoms with Gasteiger partial charge in [0.15, 0.2) is 0 Å². The summed E-state index contributed by atoms with van der Waals surface area (Å²) >= 11 is 5.85. The van der Waals surface area contributed by atoms with Gasteiger partial charge in [-0.05, 0) is 44.4 Å². The van der Waals surface area contributed by atoms with Crippen LogP contribution in [0.15, 0.2) is 18.2 Å². The molecule has 4 heteroatoms. The Morgan fingerprint density at radius 1 is 1.47 bits per heavy atom. The molecule has 0 unspecified atom stereocenters. The molecule has 1 aromatic carbocycles. The van der Waals surface area contributed by atoms with Crippen LogP contribution >= 0.6 is 11.6 Å². The predicted molar refractivity (Wildman–Crippen MR) is 69.1 cm³/mol. The van der Waals surface area contributed by atoms with Gasteiger partial charge in [0.05, 0.1) is 11.3 Å². The number of piperidine rings is 1. The topological polar surface area (TPSA) is 40.5 Å². The molecule has 0 aliphatic carbocycles. The van der Waals surface area contributed by atoms with Crippen LogP contribution < -0.4 is 4.90 Å². The molecule has 0 bridgehead atoms. The molecule has 1 fully saturated rings. The lowest BCUT2D eigenvalue weighted by molar-refractivity contribution is 0.0697. The fourth-order valence-electron chi connectivity index (χ4n) is 2.39. The Morgan fingerprint density at radius 2 is 2.24 bits per heavy atom. The maximum Gasteiger partial charge on any atom is 0.337 e. The van der Waals surface area contributed by atoms with Crippen molar-refractivity contribution in [3.8, 4) is 0 Å². The first-order valence-corrected chi connectivity index (χ1v) is 6.27. The third kappa shape index (κ3) is 2.55. The molecule has 0 spiro atoms. The van der Waals surface area contributed by atoms with Crippen molar-refractivity contribution < 1.29 is 9.90 Å². The Balaban J connectivity index is 2.39. The summed E-state index contributed by atoms with van der Waals surface area (Å²) in [7, 11) is 0. The van der Waals surface area contributed by atoms with Crippen LogP contribution in [0.4, 0.5) is 5.69 Å². The molecule has 0 amide bonds. The number of carboxylic acid groups (broad SMARTS) is 1. The summed E-state index contributed by atoms with van der Waals surface area (Å²) in [5.74, 6) is -0.916. The Bertz CT molecular complexity index is 433. The minimum Gasteiger partial charge on any atom is -0.478 e. The zero-order valence-electron chi connectivity index (χ0n) is 9.82. The third-order valence-electron chi connectivity index (χ3n) is 3.30. The number of nitrogens with zero attached hydrogens (tertiary/aromatic N) is 1. The molecule has 1 atom stereocenters. The minimum absolute atomic E-state index is 0.297. The second kappa shape index (κ2) is 4.96. The van der Waals surface area contributed by atoms with E-state index in [1.165, 1.54) is 12.5 Å². The van der Waals surface area contributed by atoms with E-state index in [1.807, 2.05) is 6.07 Å². The molecular formula is C13H16ClNO2. The highest BCUT2D eigenvalue weighted by Crippen LogP contribution is 2.29. The van der Waals surface area contributed by atoms with Gasteiger partial charge in [-0.15, -0.1) is 0 Å². The van der Waals surface area contributed by atoms with E-state index in [9.17, 15) is 9.90 Å². The first kappa shape index (κ1) is 12.2. The number of hydrogen-bond acceptors (Lipinski definition) is 2. The van der Waals surface area contributed by atoms with Gasteiger partial charge in [0.25, 0.3) is 0 Å². The number of carbonyl (C=O) groups is 1. The van der Waals surface area contributed by atoms with E-state index in [2.05, 4.69) is 11.8 Å². The number of halogens is 1. The zero-order valence-corrected chi connectivity index (χ0v) is 10.6. The van der Waals surface area contributed by atoms with E-state index >= 15 is 0 Å². The van der Waals surface area contributed by atoms with Crippen LogP contribution in [0.5, 0.6) is 0 Å². The maximum absolute atomic E-state index is 11.2. The molecule has 17 heavy (non-hydrogen) atoms. The molecule has 1 aliphatic rings. The molecule has 1 aromatic rings. The van der Waals surface area contributed by atoms with Crippen molar-refractivity contribution in [3.63, 3.8) is 0 Å². The SMILES string of the molecule is C[C@H]1CCCCN1c1ccc(Cl)cc1C(=O)O. The quantitative estimate of drug-likeness (QED) is 0.878. The van der Waals surface area contributed by atoms with Crippen molar-refractivity contribution in [2.75, 3.05) is 11.4 Å². The molecule has 3 nitrogen and oxygen atoms in total. The number of carboxylic acids is 1. The molecule has 1 aliphatic heterocycles. The van der Waals surface area contributed by atoms with Crippen LogP contribution in [-0.2, 0) is 0 Å². The fraction of sp³-hybridized carbons (Fsp3) is 0.462. The molecule has 1 heterocycles. The Morgan fingerprint density at radius 3 is 2.88 bits per heavy atom. The van der Waals surface area contributed by atoms with Crippen molar-refractivity contribution in [1.29, 1.82) is 0 Å². The molecule has 1 N–H and O–H groups in total. The lowest BCUT2D eigenvalue weighted by Crippen LogP contribution is -2.38. The van der Waals surface area contributed by atoms with Crippen LogP contribution in [0.25, 0.3) is 0 Å².